The number of rotatable bonds is 5. The zero-order chi connectivity index (χ0) is 19.5. The molecule has 0 saturated carbocycles. The molecule has 0 bridgehead atoms. The SMILES string of the molecule is c1ccc(Cn2ccnc2[C@@H]2CCCN(c3nccnc3N3CCCC3)C2)nc1. The minimum Gasteiger partial charge on any atom is -0.354 e. The smallest absolute Gasteiger partial charge is 0.172 e. The summed E-state index contributed by atoms with van der Waals surface area (Å²) in [6.07, 6.45) is 14.2. The lowest BCUT2D eigenvalue weighted by atomic mass is 9.97. The van der Waals surface area contributed by atoms with E-state index in [1.165, 1.54) is 12.8 Å². The number of imidazole rings is 1. The summed E-state index contributed by atoms with van der Waals surface area (Å²) in [6, 6.07) is 6.06. The number of pyridine rings is 1. The summed E-state index contributed by atoms with van der Waals surface area (Å²) in [5.74, 6) is 3.60. The monoisotopic (exact) mass is 389 g/mol. The summed E-state index contributed by atoms with van der Waals surface area (Å²) in [6.45, 7) is 4.88. The number of hydrogen-bond acceptors (Lipinski definition) is 6. The third-order valence-corrected chi connectivity index (χ3v) is 5.96. The van der Waals surface area contributed by atoms with E-state index in [0.717, 1.165) is 68.7 Å². The largest absolute Gasteiger partial charge is 0.354 e. The second kappa shape index (κ2) is 8.19. The Balaban J connectivity index is 1.37. The summed E-state index contributed by atoms with van der Waals surface area (Å²) in [5.41, 5.74) is 1.06. The van der Waals surface area contributed by atoms with Crippen LogP contribution in [0.4, 0.5) is 11.6 Å². The van der Waals surface area contributed by atoms with Crippen LogP contribution in [-0.2, 0) is 6.54 Å². The van der Waals surface area contributed by atoms with Gasteiger partial charge in [0.1, 0.15) is 5.82 Å². The number of nitrogens with zero attached hydrogens (tertiary/aromatic N) is 7. The molecular formula is C22H27N7. The first-order valence-corrected chi connectivity index (χ1v) is 10.6. The van der Waals surface area contributed by atoms with Crippen molar-refractivity contribution in [3.8, 4) is 0 Å². The molecule has 0 aromatic carbocycles. The Morgan fingerprint density at radius 2 is 1.59 bits per heavy atom. The maximum Gasteiger partial charge on any atom is 0.172 e. The lowest BCUT2D eigenvalue weighted by Crippen LogP contribution is -2.37. The molecule has 7 heteroatoms. The van der Waals surface area contributed by atoms with Crippen LogP contribution >= 0.6 is 0 Å². The molecule has 2 fully saturated rings. The quantitative estimate of drug-likeness (QED) is 0.668. The molecule has 0 spiro atoms. The molecule has 29 heavy (non-hydrogen) atoms. The average molecular weight is 390 g/mol. The van der Waals surface area contributed by atoms with Gasteiger partial charge in [-0.15, -0.1) is 0 Å². The fraction of sp³-hybridized carbons (Fsp3) is 0.455. The van der Waals surface area contributed by atoms with Gasteiger partial charge in [0.05, 0.1) is 12.2 Å². The third-order valence-electron chi connectivity index (χ3n) is 5.96. The molecule has 7 nitrogen and oxygen atoms in total. The Morgan fingerprint density at radius 3 is 2.38 bits per heavy atom. The van der Waals surface area contributed by atoms with Crippen molar-refractivity contribution in [3.05, 3.63) is 60.7 Å². The van der Waals surface area contributed by atoms with Gasteiger partial charge in [0.2, 0.25) is 0 Å². The predicted molar refractivity (Wildman–Crippen MR) is 113 cm³/mol. The minimum absolute atomic E-state index is 0.385. The van der Waals surface area contributed by atoms with Crippen LogP contribution in [0.2, 0.25) is 0 Å². The van der Waals surface area contributed by atoms with Crippen LogP contribution in [0.5, 0.6) is 0 Å². The van der Waals surface area contributed by atoms with Gasteiger partial charge in [-0.2, -0.15) is 0 Å². The highest BCUT2D eigenvalue weighted by Crippen LogP contribution is 2.33. The van der Waals surface area contributed by atoms with Crippen LogP contribution in [0, 0.1) is 0 Å². The van der Waals surface area contributed by atoms with Gasteiger partial charge >= 0.3 is 0 Å². The maximum absolute atomic E-state index is 4.74. The van der Waals surface area contributed by atoms with Crippen molar-refractivity contribution >= 4 is 11.6 Å². The van der Waals surface area contributed by atoms with E-state index < -0.39 is 0 Å². The topological polar surface area (TPSA) is 63.0 Å². The summed E-state index contributed by atoms with van der Waals surface area (Å²) in [7, 11) is 0. The van der Waals surface area contributed by atoms with Crippen molar-refractivity contribution in [1.29, 1.82) is 0 Å². The molecule has 150 valence electrons. The van der Waals surface area contributed by atoms with E-state index >= 15 is 0 Å². The van der Waals surface area contributed by atoms with Gasteiger partial charge in [0.25, 0.3) is 0 Å². The highest BCUT2D eigenvalue weighted by Gasteiger charge is 2.29. The molecule has 0 radical (unpaired) electrons. The van der Waals surface area contributed by atoms with Gasteiger partial charge in [0.15, 0.2) is 11.6 Å². The van der Waals surface area contributed by atoms with E-state index in [1.807, 2.05) is 36.9 Å². The first-order valence-electron chi connectivity index (χ1n) is 10.6. The van der Waals surface area contributed by atoms with Crippen LogP contribution in [0.25, 0.3) is 0 Å². The second-order valence-corrected chi connectivity index (χ2v) is 7.92. The van der Waals surface area contributed by atoms with Gasteiger partial charge in [0, 0.05) is 63.1 Å². The van der Waals surface area contributed by atoms with Crippen LogP contribution in [-0.4, -0.2) is 50.7 Å². The summed E-state index contributed by atoms with van der Waals surface area (Å²) < 4.78 is 2.24. The molecule has 1 atom stereocenters. The van der Waals surface area contributed by atoms with Crippen molar-refractivity contribution in [3.63, 3.8) is 0 Å². The Morgan fingerprint density at radius 1 is 0.793 bits per heavy atom. The number of hydrogen-bond donors (Lipinski definition) is 0. The fourth-order valence-corrected chi connectivity index (χ4v) is 4.56. The van der Waals surface area contributed by atoms with Gasteiger partial charge in [-0.3, -0.25) is 4.98 Å². The van der Waals surface area contributed by atoms with Crippen molar-refractivity contribution in [2.24, 2.45) is 0 Å². The first kappa shape index (κ1) is 18.1. The number of anilines is 2. The van der Waals surface area contributed by atoms with E-state index in [0.29, 0.717) is 5.92 Å². The van der Waals surface area contributed by atoms with Crippen LogP contribution in [0.1, 0.15) is 43.1 Å². The molecule has 0 amide bonds. The Kier molecular flexibility index (Phi) is 5.11. The van der Waals surface area contributed by atoms with Crippen molar-refractivity contribution in [1.82, 2.24) is 24.5 Å². The standard InChI is InChI=1S/C22H27N7/c1-2-8-23-19(7-1)17-29-15-11-26-20(29)18-6-5-14-28(16-18)22-21(24-9-10-25-22)27-12-3-4-13-27/h1-2,7-11,15,18H,3-6,12-14,16-17H2/t18-/m1/s1. The van der Waals surface area contributed by atoms with E-state index in [-0.39, 0.29) is 0 Å². The molecular weight excluding hydrogens is 362 g/mol. The van der Waals surface area contributed by atoms with E-state index in [1.54, 1.807) is 0 Å². The number of piperidine rings is 1. The molecule has 0 aliphatic carbocycles. The van der Waals surface area contributed by atoms with Crippen LogP contribution in [0.3, 0.4) is 0 Å². The van der Waals surface area contributed by atoms with Crippen molar-refractivity contribution < 1.29 is 0 Å². The van der Waals surface area contributed by atoms with Gasteiger partial charge in [-0.25, -0.2) is 15.0 Å². The maximum atomic E-state index is 4.74. The second-order valence-electron chi connectivity index (χ2n) is 7.92. The lowest BCUT2D eigenvalue weighted by Gasteiger charge is -2.35. The predicted octanol–water partition coefficient (Wildman–Crippen LogP) is 3.10. The average Bonchev–Trinajstić information content (AvgIpc) is 3.47. The lowest BCUT2D eigenvalue weighted by molar-refractivity contribution is 0.473. The van der Waals surface area contributed by atoms with Crippen LogP contribution in [0.15, 0.2) is 49.2 Å². The van der Waals surface area contributed by atoms with E-state index in [4.69, 9.17) is 9.97 Å². The molecule has 3 aromatic rings. The van der Waals surface area contributed by atoms with Crippen molar-refractivity contribution in [2.75, 3.05) is 36.0 Å². The van der Waals surface area contributed by atoms with E-state index in [2.05, 4.69) is 36.6 Å². The first-order chi connectivity index (χ1) is 14.4. The summed E-state index contributed by atoms with van der Waals surface area (Å²) >= 11 is 0. The van der Waals surface area contributed by atoms with Crippen LogP contribution < -0.4 is 9.80 Å². The summed E-state index contributed by atoms with van der Waals surface area (Å²) in [5, 5.41) is 0. The normalized spacial score (nSPS) is 19.7. The van der Waals surface area contributed by atoms with Crippen molar-refractivity contribution in [2.45, 2.75) is 38.1 Å². The third kappa shape index (κ3) is 3.81. The zero-order valence-corrected chi connectivity index (χ0v) is 16.7. The zero-order valence-electron chi connectivity index (χ0n) is 16.7. The molecule has 5 heterocycles. The Hall–Kier alpha value is -2.96. The highest BCUT2D eigenvalue weighted by molar-refractivity contribution is 5.63. The Bertz CT molecular complexity index is 933. The van der Waals surface area contributed by atoms with Gasteiger partial charge in [-0.1, -0.05) is 6.07 Å². The fourth-order valence-electron chi connectivity index (χ4n) is 4.56. The number of aromatic nitrogens is 5. The summed E-state index contributed by atoms with van der Waals surface area (Å²) in [4.78, 5) is 23.4. The minimum atomic E-state index is 0.385. The van der Waals surface area contributed by atoms with Gasteiger partial charge < -0.3 is 14.4 Å². The highest BCUT2D eigenvalue weighted by atomic mass is 15.3. The molecule has 5 rings (SSSR count). The molecule has 0 unspecified atom stereocenters. The van der Waals surface area contributed by atoms with E-state index in [9.17, 15) is 0 Å². The molecule has 3 aromatic heterocycles. The molecule has 2 saturated heterocycles. The molecule has 2 aliphatic rings. The molecule has 2 aliphatic heterocycles. The Labute approximate surface area is 171 Å². The molecule has 0 N–H and O–H groups in total. The van der Waals surface area contributed by atoms with Gasteiger partial charge in [-0.05, 0) is 37.8 Å².